The summed E-state index contributed by atoms with van der Waals surface area (Å²) in [5.74, 6) is -0.720. The summed E-state index contributed by atoms with van der Waals surface area (Å²) in [7, 11) is 0. The molecule has 7 heteroatoms. The molecule has 0 saturated carbocycles. The van der Waals surface area contributed by atoms with Crippen molar-refractivity contribution in [3.8, 4) is 0 Å². The van der Waals surface area contributed by atoms with Crippen molar-refractivity contribution in [1.29, 1.82) is 0 Å². The van der Waals surface area contributed by atoms with Gasteiger partial charge in [0.15, 0.2) is 0 Å². The molecular formula is C16H21F3N2O2. The van der Waals surface area contributed by atoms with E-state index in [0.29, 0.717) is 0 Å². The molecule has 0 aliphatic carbocycles. The van der Waals surface area contributed by atoms with E-state index >= 15 is 0 Å². The van der Waals surface area contributed by atoms with Crippen LogP contribution in [0.1, 0.15) is 29.8 Å². The van der Waals surface area contributed by atoms with Crippen LogP contribution in [0.15, 0.2) is 24.3 Å². The number of carbonyl (C=O) groups excluding carboxylic acids is 1. The fourth-order valence-electron chi connectivity index (χ4n) is 2.72. The Morgan fingerprint density at radius 2 is 1.78 bits per heavy atom. The van der Waals surface area contributed by atoms with E-state index in [1.54, 1.807) is 24.3 Å². The third-order valence-electron chi connectivity index (χ3n) is 3.57. The summed E-state index contributed by atoms with van der Waals surface area (Å²) in [6.07, 6.45) is -4.06. The van der Waals surface area contributed by atoms with Crippen molar-refractivity contribution >= 4 is 5.91 Å². The normalized spacial score (nSPS) is 22.8. The second-order valence-electron chi connectivity index (χ2n) is 5.95. The minimum atomic E-state index is -4.40. The third-order valence-corrected chi connectivity index (χ3v) is 3.57. The monoisotopic (exact) mass is 330 g/mol. The van der Waals surface area contributed by atoms with Gasteiger partial charge in [-0.1, -0.05) is 12.1 Å². The fraction of sp³-hybridized carbons (Fsp3) is 0.562. The quantitative estimate of drug-likeness (QED) is 0.923. The second kappa shape index (κ2) is 7.31. The van der Waals surface area contributed by atoms with Crippen LogP contribution < -0.4 is 5.32 Å². The molecule has 0 aromatic heterocycles. The molecule has 1 saturated heterocycles. The van der Waals surface area contributed by atoms with Gasteiger partial charge in [-0.3, -0.25) is 9.69 Å². The Morgan fingerprint density at radius 1 is 1.22 bits per heavy atom. The van der Waals surface area contributed by atoms with Gasteiger partial charge in [0.25, 0.3) is 5.91 Å². The first kappa shape index (κ1) is 17.7. The Kier molecular flexibility index (Phi) is 5.64. The number of nitrogens with one attached hydrogen (secondary N) is 1. The van der Waals surface area contributed by atoms with Crippen LogP contribution in [0.5, 0.6) is 0 Å². The minimum absolute atomic E-state index is 0.172. The smallest absolute Gasteiger partial charge is 0.373 e. The topological polar surface area (TPSA) is 41.6 Å². The number of rotatable bonds is 4. The molecule has 0 radical (unpaired) electrons. The number of halogens is 3. The minimum Gasteiger partial charge on any atom is -0.373 e. The number of ether oxygens (including phenoxy) is 1. The summed E-state index contributed by atoms with van der Waals surface area (Å²) < 4.78 is 41.9. The Balaban J connectivity index is 1.90. The van der Waals surface area contributed by atoms with E-state index in [4.69, 9.17) is 4.74 Å². The zero-order valence-corrected chi connectivity index (χ0v) is 13.2. The lowest BCUT2D eigenvalue weighted by Gasteiger charge is -2.35. The lowest BCUT2D eigenvalue weighted by molar-refractivity contribution is -0.123. The molecule has 1 amide bonds. The van der Waals surface area contributed by atoms with Crippen LogP contribution in [-0.2, 0) is 11.3 Å². The summed E-state index contributed by atoms with van der Waals surface area (Å²) in [5, 5.41) is 1.86. The Morgan fingerprint density at radius 3 is 2.30 bits per heavy atom. The predicted molar refractivity (Wildman–Crippen MR) is 80.1 cm³/mol. The number of alkyl halides is 3. The maximum Gasteiger partial charge on any atom is 0.405 e. The van der Waals surface area contributed by atoms with Gasteiger partial charge in [-0.25, -0.2) is 0 Å². The van der Waals surface area contributed by atoms with Crippen LogP contribution in [0.2, 0.25) is 0 Å². The van der Waals surface area contributed by atoms with Gasteiger partial charge in [-0.2, -0.15) is 13.2 Å². The Labute approximate surface area is 133 Å². The van der Waals surface area contributed by atoms with E-state index in [1.807, 2.05) is 19.2 Å². The molecule has 1 aromatic carbocycles. The van der Waals surface area contributed by atoms with Crippen molar-refractivity contribution in [2.75, 3.05) is 19.6 Å². The van der Waals surface area contributed by atoms with Gasteiger partial charge >= 0.3 is 6.18 Å². The third kappa shape index (κ3) is 5.84. The number of hydrogen-bond acceptors (Lipinski definition) is 3. The van der Waals surface area contributed by atoms with Gasteiger partial charge in [0.05, 0.1) is 12.2 Å². The standard InChI is InChI=1S/C16H21F3N2O2/c1-11-7-21(8-12(2)23-11)9-13-3-5-14(6-4-13)15(22)20-10-16(17,18)19/h3-6,11-12H,7-10H2,1-2H3,(H,20,22). The zero-order chi connectivity index (χ0) is 17.0. The van der Waals surface area contributed by atoms with Gasteiger partial charge in [-0.15, -0.1) is 0 Å². The summed E-state index contributed by atoms with van der Waals surface area (Å²) in [5.41, 5.74) is 1.24. The first-order valence-corrected chi connectivity index (χ1v) is 7.54. The number of hydrogen-bond donors (Lipinski definition) is 1. The molecule has 128 valence electrons. The van der Waals surface area contributed by atoms with E-state index in [-0.39, 0.29) is 17.8 Å². The van der Waals surface area contributed by atoms with Gasteiger partial charge in [0.1, 0.15) is 6.54 Å². The van der Waals surface area contributed by atoms with E-state index in [2.05, 4.69) is 4.90 Å². The molecule has 2 rings (SSSR count). The summed E-state index contributed by atoms with van der Waals surface area (Å²) in [6.45, 7) is 5.11. The molecule has 1 N–H and O–H groups in total. The summed E-state index contributed by atoms with van der Waals surface area (Å²) in [4.78, 5) is 13.9. The molecule has 1 heterocycles. The predicted octanol–water partition coefficient (Wildman–Crippen LogP) is 2.59. The molecule has 23 heavy (non-hydrogen) atoms. The molecule has 4 nitrogen and oxygen atoms in total. The van der Waals surface area contributed by atoms with E-state index in [0.717, 1.165) is 25.2 Å². The maximum absolute atomic E-state index is 12.1. The van der Waals surface area contributed by atoms with Crippen LogP contribution in [0.3, 0.4) is 0 Å². The van der Waals surface area contributed by atoms with Crippen LogP contribution in [0.4, 0.5) is 13.2 Å². The number of amides is 1. The van der Waals surface area contributed by atoms with Crippen molar-refractivity contribution in [3.63, 3.8) is 0 Å². The first-order valence-electron chi connectivity index (χ1n) is 7.54. The average molecular weight is 330 g/mol. The number of carbonyl (C=O) groups is 1. The number of nitrogens with zero attached hydrogens (tertiary/aromatic N) is 1. The van der Waals surface area contributed by atoms with Gasteiger partial charge in [0.2, 0.25) is 0 Å². The van der Waals surface area contributed by atoms with Crippen LogP contribution in [0, 0.1) is 0 Å². The largest absolute Gasteiger partial charge is 0.405 e. The van der Waals surface area contributed by atoms with Crippen molar-refractivity contribution in [2.24, 2.45) is 0 Å². The molecule has 1 aromatic rings. The molecule has 1 aliphatic rings. The van der Waals surface area contributed by atoms with Gasteiger partial charge in [0, 0.05) is 25.2 Å². The molecule has 2 atom stereocenters. The van der Waals surface area contributed by atoms with Crippen molar-refractivity contribution < 1.29 is 22.7 Å². The summed E-state index contributed by atoms with van der Waals surface area (Å²) in [6, 6.07) is 6.64. The van der Waals surface area contributed by atoms with Crippen molar-refractivity contribution in [1.82, 2.24) is 10.2 Å². The van der Waals surface area contributed by atoms with Crippen molar-refractivity contribution in [2.45, 2.75) is 38.8 Å². The highest BCUT2D eigenvalue weighted by molar-refractivity contribution is 5.94. The van der Waals surface area contributed by atoms with Gasteiger partial charge < -0.3 is 10.1 Å². The van der Waals surface area contributed by atoms with Crippen molar-refractivity contribution in [3.05, 3.63) is 35.4 Å². The van der Waals surface area contributed by atoms with Crippen LogP contribution in [0.25, 0.3) is 0 Å². The highest BCUT2D eigenvalue weighted by Gasteiger charge is 2.28. The molecule has 0 spiro atoms. The molecule has 2 unspecified atom stereocenters. The maximum atomic E-state index is 12.1. The number of morpholine rings is 1. The van der Waals surface area contributed by atoms with E-state index in [9.17, 15) is 18.0 Å². The van der Waals surface area contributed by atoms with Crippen LogP contribution in [-0.4, -0.2) is 48.8 Å². The Bertz CT molecular complexity index is 521. The lowest BCUT2D eigenvalue weighted by Crippen LogP contribution is -2.44. The van der Waals surface area contributed by atoms with Crippen LogP contribution >= 0.6 is 0 Å². The first-order chi connectivity index (χ1) is 10.7. The average Bonchev–Trinajstić information content (AvgIpc) is 2.43. The number of benzene rings is 1. The SMILES string of the molecule is CC1CN(Cc2ccc(C(=O)NCC(F)(F)F)cc2)CC(C)O1. The van der Waals surface area contributed by atoms with E-state index in [1.165, 1.54) is 0 Å². The highest BCUT2D eigenvalue weighted by Crippen LogP contribution is 2.15. The van der Waals surface area contributed by atoms with E-state index < -0.39 is 18.6 Å². The molecule has 1 aliphatic heterocycles. The Hall–Kier alpha value is -1.60. The highest BCUT2D eigenvalue weighted by atomic mass is 19.4. The molecule has 0 bridgehead atoms. The second-order valence-corrected chi connectivity index (χ2v) is 5.95. The van der Waals surface area contributed by atoms with Gasteiger partial charge in [-0.05, 0) is 31.5 Å². The fourth-order valence-corrected chi connectivity index (χ4v) is 2.72. The molecular weight excluding hydrogens is 309 g/mol. The molecule has 1 fully saturated rings. The lowest BCUT2D eigenvalue weighted by atomic mass is 10.1. The zero-order valence-electron chi connectivity index (χ0n) is 13.2. The summed E-state index contributed by atoms with van der Waals surface area (Å²) >= 11 is 0.